The van der Waals surface area contributed by atoms with Gasteiger partial charge in [-0.1, -0.05) is 38.0 Å². The minimum atomic E-state index is 0.263. The normalized spacial score (nSPS) is 11.0. The van der Waals surface area contributed by atoms with Gasteiger partial charge in [0, 0.05) is 0 Å². The summed E-state index contributed by atoms with van der Waals surface area (Å²) in [7, 11) is 0. The van der Waals surface area contributed by atoms with Crippen molar-refractivity contribution in [3.63, 3.8) is 0 Å². The number of rotatable bonds is 10. The van der Waals surface area contributed by atoms with E-state index in [0.29, 0.717) is 10.6 Å². The lowest BCUT2D eigenvalue weighted by Gasteiger charge is -2.06. The fourth-order valence-corrected chi connectivity index (χ4v) is 2.72. The smallest absolute Gasteiger partial charge is 0.216 e. The summed E-state index contributed by atoms with van der Waals surface area (Å²) in [6.45, 7) is 3.19. The Morgan fingerprint density at radius 1 is 1.04 bits per heavy atom. The van der Waals surface area contributed by atoms with Crippen LogP contribution in [-0.4, -0.2) is 27.7 Å². The molecule has 0 fully saturated rings. The van der Waals surface area contributed by atoms with Crippen LogP contribution in [0.2, 0.25) is 0 Å². The second-order valence-corrected chi connectivity index (χ2v) is 6.61. The molecule has 0 saturated heterocycles. The summed E-state index contributed by atoms with van der Waals surface area (Å²) < 4.78 is 13.4. The van der Waals surface area contributed by atoms with Gasteiger partial charge in [0.05, 0.1) is 12.8 Å². The molecule has 28 heavy (non-hydrogen) atoms. The molecule has 1 aromatic heterocycles. The number of hydrogen-bond acceptors (Lipinski definition) is 5. The molecule has 0 aliphatic carbocycles. The maximum atomic E-state index is 5.73. The highest BCUT2D eigenvalue weighted by Crippen LogP contribution is 2.13. The van der Waals surface area contributed by atoms with Crippen LogP contribution in [-0.2, 0) is 6.61 Å². The molecule has 0 atom stereocenters. The molecule has 0 unspecified atom stereocenters. The lowest BCUT2D eigenvalue weighted by atomic mass is 10.2. The van der Waals surface area contributed by atoms with E-state index in [0.717, 1.165) is 30.1 Å². The monoisotopic (exact) mass is 396 g/mol. The lowest BCUT2D eigenvalue weighted by molar-refractivity contribution is 0.290. The molecule has 0 spiro atoms. The second kappa shape index (κ2) is 10.4. The molecule has 0 radical (unpaired) electrons. The molecule has 6 nitrogen and oxygen atoms in total. The Labute approximate surface area is 169 Å². The predicted molar refractivity (Wildman–Crippen MR) is 113 cm³/mol. The van der Waals surface area contributed by atoms with Crippen molar-refractivity contribution in [1.29, 1.82) is 0 Å². The largest absolute Gasteiger partial charge is 0.494 e. The topological polar surface area (TPSA) is 64.4 Å². The number of ether oxygens (including phenoxy) is 2. The molecule has 7 heteroatoms. The molecule has 0 amide bonds. The van der Waals surface area contributed by atoms with Crippen LogP contribution in [0, 0.1) is 4.77 Å². The highest BCUT2D eigenvalue weighted by molar-refractivity contribution is 7.71. The van der Waals surface area contributed by atoms with Gasteiger partial charge in [0.25, 0.3) is 0 Å². The third-order valence-corrected chi connectivity index (χ3v) is 4.31. The maximum Gasteiger partial charge on any atom is 0.216 e. The molecule has 3 aromatic rings. The van der Waals surface area contributed by atoms with Gasteiger partial charge in [-0.2, -0.15) is 14.9 Å². The van der Waals surface area contributed by atoms with E-state index >= 15 is 0 Å². The Morgan fingerprint density at radius 2 is 1.79 bits per heavy atom. The van der Waals surface area contributed by atoms with Crippen LogP contribution < -0.4 is 9.47 Å². The van der Waals surface area contributed by atoms with E-state index in [4.69, 9.17) is 21.7 Å². The van der Waals surface area contributed by atoms with Crippen molar-refractivity contribution in [2.24, 2.45) is 5.10 Å². The quantitative estimate of drug-likeness (QED) is 0.298. The SMILES string of the molecule is CCCCCOc1ccc(C=Nn2c(COc3ccccc3)n[nH]c2=S)cc1. The summed E-state index contributed by atoms with van der Waals surface area (Å²) in [5.74, 6) is 2.23. The van der Waals surface area contributed by atoms with E-state index in [1.165, 1.54) is 12.8 Å². The molecule has 2 aromatic carbocycles. The Bertz CT molecular complexity index is 933. The van der Waals surface area contributed by atoms with E-state index in [2.05, 4.69) is 22.2 Å². The highest BCUT2D eigenvalue weighted by Gasteiger charge is 2.06. The molecule has 146 valence electrons. The maximum absolute atomic E-state index is 5.73. The van der Waals surface area contributed by atoms with Crippen LogP contribution >= 0.6 is 12.2 Å². The number of para-hydroxylation sites is 1. The molecule has 3 rings (SSSR count). The number of nitrogens with one attached hydrogen (secondary N) is 1. The van der Waals surface area contributed by atoms with E-state index in [1.54, 1.807) is 10.9 Å². The summed E-state index contributed by atoms with van der Waals surface area (Å²) in [5.41, 5.74) is 0.943. The van der Waals surface area contributed by atoms with Crippen molar-refractivity contribution in [3.8, 4) is 11.5 Å². The number of benzene rings is 2. The van der Waals surface area contributed by atoms with Gasteiger partial charge in [-0.25, -0.2) is 5.10 Å². The van der Waals surface area contributed by atoms with Crippen molar-refractivity contribution < 1.29 is 9.47 Å². The summed E-state index contributed by atoms with van der Waals surface area (Å²) in [4.78, 5) is 0. The first-order valence-electron chi connectivity index (χ1n) is 9.37. The predicted octanol–water partition coefficient (Wildman–Crippen LogP) is 4.97. The minimum absolute atomic E-state index is 0.263. The molecule has 1 heterocycles. The first-order valence-corrected chi connectivity index (χ1v) is 9.78. The van der Waals surface area contributed by atoms with Crippen molar-refractivity contribution in [1.82, 2.24) is 14.9 Å². The molecular formula is C21H24N4O2S. The fraction of sp³-hybridized carbons (Fsp3) is 0.286. The van der Waals surface area contributed by atoms with Crippen molar-refractivity contribution in [3.05, 3.63) is 70.8 Å². The van der Waals surface area contributed by atoms with Gasteiger partial charge in [-0.3, -0.25) is 0 Å². The number of aromatic nitrogens is 3. The number of H-pyrrole nitrogens is 1. The zero-order valence-electron chi connectivity index (χ0n) is 15.9. The van der Waals surface area contributed by atoms with Crippen molar-refractivity contribution in [2.45, 2.75) is 32.8 Å². The Hall–Kier alpha value is -2.93. The molecular weight excluding hydrogens is 372 g/mol. The number of nitrogens with zero attached hydrogens (tertiary/aromatic N) is 3. The minimum Gasteiger partial charge on any atom is -0.494 e. The van der Waals surface area contributed by atoms with E-state index in [-0.39, 0.29) is 6.61 Å². The third kappa shape index (κ3) is 5.79. The molecule has 0 bridgehead atoms. The van der Waals surface area contributed by atoms with E-state index < -0.39 is 0 Å². The number of aromatic amines is 1. The van der Waals surface area contributed by atoms with Crippen LogP contribution in [0.15, 0.2) is 59.7 Å². The Morgan fingerprint density at radius 3 is 2.54 bits per heavy atom. The first kappa shape index (κ1) is 19.8. The van der Waals surface area contributed by atoms with Crippen LogP contribution in [0.3, 0.4) is 0 Å². The number of unbranched alkanes of at least 4 members (excludes halogenated alkanes) is 2. The molecule has 1 N–H and O–H groups in total. The Balaban J connectivity index is 1.61. The molecule has 0 aliphatic heterocycles. The standard InChI is InChI=1S/C21H24N4O2S/c1-2-3-7-14-26-19-12-10-17(11-13-19)15-22-25-20(23-24-21(25)28)16-27-18-8-5-4-6-9-18/h4-6,8-13,15H,2-3,7,14,16H2,1H3,(H,24,28). The average molecular weight is 397 g/mol. The second-order valence-electron chi connectivity index (χ2n) is 6.23. The van der Waals surface area contributed by atoms with Crippen molar-refractivity contribution in [2.75, 3.05) is 6.61 Å². The fourth-order valence-electron chi connectivity index (χ4n) is 2.52. The summed E-state index contributed by atoms with van der Waals surface area (Å²) in [6, 6.07) is 17.4. The van der Waals surface area contributed by atoms with Gasteiger partial charge in [-0.15, -0.1) is 0 Å². The first-order chi connectivity index (χ1) is 13.8. The van der Waals surface area contributed by atoms with Crippen LogP contribution in [0.25, 0.3) is 0 Å². The van der Waals surface area contributed by atoms with E-state index in [9.17, 15) is 0 Å². The Kier molecular flexibility index (Phi) is 7.37. The zero-order chi connectivity index (χ0) is 19.6. The third-order valence-electron chi connectivity index (χ3n) is 4.05. The van der Waals surface area contributed by atoms with Gasteiger partial charge in [0.15, 0.2) is 5.82 Å². The van der Waals surface area contributed by atoms with Gasteiger partial charge in [-0.05, 0) is 60.6 Å². The molecule has 0 saturated carbocycles. The summed E-state index contributed by atoms with van der Waals surface area (Å²) in [5, 5.41) is 11.4. The number of hydrogen-bond donors (Lipinski definition) is 1. The molecule has 0 aliphatic rings. The lowest BCUT2D eigenvalue weighted by Crippen LogP contribution is -2.04. The summed E-state index contributed by atoms with van der Waals surface area (Å²) in [6.07, 6.45) is 5.19. The van der Waals surface area contributed by atoms with Gasteiger partial charge < -0.3 is 9.47 Å². The summed E-state index contributed by atoms with van der Waals surface area (Å²) >= 11 is 5.26. The average Bonchev–Trinajstić information content (AvgIpc) is 3.09. The van der Waals surface area contributed by atoms with Crippen molar-refractivity contribution >= 4 is 18.4 Å². The van der Waals surface area contributed by atoms with Crippen LogP contribution in [0.5, 0.6) is 11.5 Å². The van der Waals surface area contributed by atoms with Gasteiger partial charge >= 0.3 is 0 Å². The van der Waals surface area contributed by atoms with Crippen LogP contribution in [0.1, 0.15) is 37.6 Å². The zero-order valence-corrected chi connectivity index (χ0v) is 16.7. The van der Waals surface area contributed by atoms with Crippen LogP contribution in [0.4, 0.5) is 0 Å². The van der Waals surface area contributed by atoms with Gasteiger partial charge in [0.2, 0.25) is 4.77 Å². The van der Waals surface area contributed by atoms with E-state index in [1.807, 2.05) is 54.6 Å². The van der Waals surface area contributed by atoms with Gasteiger partial charge in [0.1, 0.15) is 18.1 Å². The highest BCUT2D eigenvalue weighted by atomic mass is 32.1.